The summed E-state index contributed by atoms with van der Waals surface area (Å²) in [6, 6.07) is 5.54. The minimum Gasteiger partial charge on any atom is -0.389 e. The molecule has 0 amide bonds. The van der Waals surface area contributed by atoms with Gasteiger partial charge in [0.15, 0.2) is 5.16 Å². The van der Waals surface area contributed by atoms with Crippen LogP contribution in [0.15, 0.2) is 28.3 Å². The average Bonchev–Trinajstić information content (AvgIpc) is 2.38. The molecular formula is C15H17ClN2OS. The fourth-order valence-corrected chi connectivity index (χ4v) is 2.90. The highest BCUT2D eigenvalue weighted by molar-refractivity contribution is 7.99. The van der Waals surface area contributed by atoms with Crippen molar-refractivity contribution in [3.8, 4) is 0 Å². The Morgan fingerprint density at radius 1 is 1.15 bits per heavy atom. The third-order valence-electron chi connectivity index (χ3n) is 3.25. The Bertz CT molecular complexity index is 621. The number of hydrogen-bond acceptors (Lipinski definition) is 4. The lowest BCUT2D eigenvalue weighted by Gasteiger charge is -2.10. The molecule has 1 aromatic carbocycles. The van der Waals surface area contributed by atoms with Gasteiger partial charge in [-0.2, -0.15) is 0 Å². The molecular weight excluding hydrogens is 292 g/mol. The highest BCUT2D eigenvalue weighted by Crippen LogP contribution is 2.33. The molecule has 1 aromatic heterocycles. The third-order valence-corrected chi connectivity index (χ3v) is 4.62. The molecule has 0 saturated heterocycles. The second-order valence-corrected chi connectivity index (χ2v) is 6.19. The van der Waals surface area contributed by atoms with E-state index < -0.39 is 6.10 Å². The van der Waals surface area contributed by atoms with Crippen molar-refractivity contribution in [2.45, 2.75) is 43.9 Å². The summed E-state index contributed by atoms with van der Waals surface area (Å²) in [7, 11) is 0. The predicted octanol–water partition coefficient (Wildman–Crippen LogP) is 4.26. The van der Waals surface area contributed by atoms with Crippen LogP contribution in [0.25, 0.3) is 0 Å². The number of hydrogen-bond donors (Lipinski definition) is 1. The molecule has 0 aliphatic carbocycles. The van der Waals surface area contributed by atoms with Gasteiger partial charge in [-0.1, -0.05) is 17.7 Å². The van der Waals surface area contributed by atoms with Crippen molar-refractivity contribution < 1.29 is 5.11 Å². The number of aliphatic hydroxyl groups is 1. The SMILES string of the molecule is Cc1nc(Sc2ccc([C@@H](C)O)cc2Cl)nc(C)c1C. The molecule has 5 heteroatoms. The maximum atomic E-state index is 9.54. The Labute approximate surface area is 128 Å². The van der Waals surface area contributed by atoms with Crippen LogP contribution in [0, 0.1) is 20.8 Å². The normalized spacial score (nSPS) is 12.5. The zero-order valence-electron chi connectivity index (χ0n) is 11.9. The highest BCUT2D eigenvalue weighted by Gasteiger charge is 2.10. The predicted molar refractivity (Wildman–Crippen MR) is 82.5 cm³/mol. The van der Waals surface area contributed by atoms with Gasteiger partial charge in [-0.05, 0) is 62.7 Å². The standard InChI is InChI=1S/C15H17ClN2OS/c1-8-9(2)17-15(18-10(8)3)20-14-6-5-12(11(4)19)7-13(14)16/h5-7,11,19H,1-4H3/t11-/m1/s1. The number of benzene rings is 1. The smallest absolute Gasteiger partial charge is 0.192 e. The van der Waals surface area contributed by atoms with Crippen LogP contribution in [0.4, 0.5) is 0 Å². The summed E-state index contributed by atoms with van der Waals surface area (Å²) in [5.74, 6) is 0. The topological polar surface area (TPSA) is 46.0 Å². The van der Waals surface area contributed by atoms with Crippen LogP contribution in [0.5, 0.6) is 0 Å². The molecule has 1 N–H and O–H groups in total. The molecule has 106 valence electrons. The van der Waals surface area contributed by atoms with Crippen LogP contribution < -0.4 is 0 Å². The average molecular weight is 309 g/mol. The fourth-order valence-electron chi connectivity index (χ4n) is 1.75. The molecule has 0 unspecified atom stereocenters. The maximum absolute atomic E-state index is 9.54. The van der Waals surface area contributed by atoms with Gasteiger partial charge < -0.3 is 5.11 Å². The first-order chi connectivity index (χ1) is 9.38. The zero-order chi connectivity index (χ0) is 14.9. The van der Waals surface area contributed by atoms with Gasteiger partial charge >= 0.3 is 0 Å². The molecule has 0 saturated carbocycles. The van der Waals surface area contributed by atoms with Crippen LogP contribution in [0.1, 0.15) is 35.5 Å². The molecule has 20 heavy (non-hydrogen) atoms. The minimum absolute atomic E-state index is 0.522. The molecule has 0 spiro atoms. The van der Waals surface area contributed by atoms with Gasteiger partial charge in [0.05, 0.1) is 11.1 Å². The van der Waals surface area contributed by atoms with Crippen molar-refractivity contribution in [2.75, 3.05) is 0 Å². The monoisotopic (exact) mass is 308 g/mol. The Balaban J connectivity index is 2.31. The van der Waals surface area contributed by atoms with Crippen molar-refractivity contribution in [3.63, 3.8) is 0 Å². The minimum atomic E-state index is -0.522. The summed E-state index contributed by atoms with van der Waals surface area (Å²) in [5, 5.41) is 10.8. The Morgan fingerprint density at radius 2 is 1.75 bits per heavy atom. The van der Waals surface area contributed by atoms with E-state index in [4.69, 9.17) is 11.6 Å². The summed E-state index contributed by atoms with van der Waals surface area (Å²) >= 11 is 7.68. The second kappa shape index (κ2) is 6.12. The number of aliphatic hydroxyl groups excluding tert-OH is 1. The van der Waals surface area contributed by atoms with Crippen LogP contribution in [0.2, 0.25) is 5.02 Å². The Hall–Kier alpha value is -1.10. The maximum Gasteiger partial charge on any atom is 0.192 e. The molecule has 0 aliphatic rings. The molecule has 1 heterocycles. The van der Waals surface area contributed by atoms with E-state index in [9.17, 15) is 5.11 Å². The Kier molecular flexibility index (Phi) is 4.68. The quantitative estimate of drug-likeness (QED) is 0.861. The largest absolute Gasteiger partial charge is 0.389 e. The zero-order valence-corrected chi connectivity index (χ0v) is 13.5. The van der Waals surface area contributed by atoms with Gasteiger partial charge in [-0.3, -0.25) is 0 Å². The summed E-state index contributed by atoms with van der Waals surface area (Å²) in [6.07, 6.45) is -0.522. The van der Waals surface area contributed by atoms with Crippen molar-refractivity contribution in [3.05, 3.63) is 45.7 Å². The number of aromatic nitrogens is 2. The molecule has 0 fully saturated rings. The second-order valence-electron chi connectivity index (χ2n) is 4.77. The summed E-state index contributed by atoms with van der Waals surface area (Å²) < 4.78 is 0. The molecule has 1 atom stereocenters. The number of nitrogens with zero attached hydrogens (tertiary/aromatic N) is 2. The first-order valence-electron chi connectivity index (χ1n) is 6.35. The van der Waals surface area contributed by atoms with E-state index in [-0.39, 0.29) is 0 Å². The molecule has 2 rings (SSSR count). The van der Waals surface area contributed by atoms with Gasteiger partial charge in [0.2, 0.25) is 0 Å². The van der Waals surface area contributed by atoms with E-state index in [1.165, 1.54) is 11.8 Å². The van der Waals surface area contributed by atoms with Crippen molar-refractivity contribution in [1.82, 2.24) is 9.97 Å². The van der Waals surface area contributed by atoms with Gasteiger partial charge in [0.25, 0.3) is 0 Å². The lowest BCUT2D eigenvalue weighted by Crippen LogP contribution is -1.98. The van der Waals surface area contributed by atoms with Gasteiger partial charge in [0, 0.05) is 16.3 Å². The van der Waals surface area contributed by atoms with E-state index >= 15 is 0 Å². The molecule has 2 aromatic rings. The van der Waals surface area contributed by atoms with Crippen LogP contribution >= 0.6 is 23.4 Å². The third kappa shape index (κ3) is 3.32. The lowest BCUT2D eigenvalue weighted by molar-refractivity contribution is 0.199. The molecule has 0 radical (unpaired) electrons. The lowest BCUT2D eigenvalue weighted by atomic mass is 10.1. The van der Waals surface area contributed by atoms with E-state index in [1.54, 1.807) is 13.0 Å². The van der Waals surface area contributed by atoms with Gasteiger partial charge in [-0.15, -0.1) is 0 Å². The first-order valence-corrected chi connectivity index (χ1v) is 7.55. The number of halogens is 1. The summed E-state index contributed by atoms with van der Waals surface area (Å²) in [6.45, 7) is 7.69. The van der Waals surface area contributed by atoms with E-state index in [2.05, 4.69) is 9.97 Å². The van der Waals surface area contributed by atoms with Crippen LogP contribution in [-0.4, -0.2) is 15.1 Å². The van der Waals surface area contributed by atoms with E-state index in [1.807, 2.05) is 32.9 Å². The van der Waals surface area contributed by atoms with E-state index in [0.717, 1.165) is 27.4 Å². The van der Waals surface area contributed by atoms with Gasteiger partial charge in [-0.25, -0.2) is 9.97 Å². The van der Waals surface area contributed by atoms with E-state index in [0.29, 0.717) is 10.2 Å². The van der Waals surface area contributed by atoms with Crippen LogP contribution in [0.3, 0.4) is 0 Å². The highest BCUT2D eigenvalue weighted by atomic mass is 35.5. The number of rotatable bonds is 3. The first kappa shape index (κ1) is 15.3. The Morgan fingerprint density at radius 3 is 2.25 bits per heavy atom. The van der Waals surface area contributed by atoms with Crippen LogP contribution in [-0.2, 0) is 0 Å². The molecule has 0 aliphatic heterocycles. The van der Waals surface area contributed by atoms with Crippen molar-refractivity contribution in [1.29, 1.82) is 0 Å². The fraction of sp³-hybridized carbons (Fsp3) is 0.333. The summed E-state index contributed by atoms with van der Waals surface area (Å²) in [4.78, 5) is 9.83. The summed E-state index contributed by atoms with van der Waals surface area (Å²) in [5.41, 5.74) is 3.88. The van der Waals surface area contributed by atoms with Crippen molar-refractivity contribution in [2.24, 2.45) is 0 Å². The molecule has 0 bridgehead atoms. The van der Waals surface area contributed by atoms with Crippen molar-refractivity contribution >= 4 is 23.4 Å². The van der Waals surface area contributed by atoms with Gasteiger partial charge in [0.1, 0.15) is 0 Å². The molecule has 3 nitrogen and oxygen atoms in total. The number of aryl methyl sites for hydroxylation is 2.